The number of hydrogen-bond donors (Lipinski definition) is 1. The number of carbonyl (C=O) groups excluding carboxylic acids is 1. The number of piperidine rings is 1. The molecule has 0 saturated carbocycles. The highest BCUT2D eigenvalue weighted by molar-refractivity contribution is 6.30. The average molecular weight is 411 g/mol. The maximum Gasteiger partial charge on any atom is 0.324 e. The molecule has 0 unspecified atom stereocenters. The lowest BCUT2D eigenvalue weighted by molar-refractivity contribution is -0.120. The van der Waals surface area contributed by atoms with E-state index in [1.165, 1.54) is 5.56 Å². The number of nitrogens with zero attached hydrogens (tertiary/aromatic N) is 3. The fraction of sp³-hybridized carbons (Fsp3) is 0.318. The van der Waals surface area contributed by atoms with E-state index in [0.717, 1.165) is 30.5 Å². The minimum Gasteiger partial charge on any atom is -0.326 e. The molecule has 0 bridgehead atoms. The van der Waals surface area contributed by atoms with Gasteiger partial charge < -0.3 is 14.7 Å². The van der Waals surface area contributed by atoms with Crippen LogP contribution in [0.1, 0.15) is 25.3 Å². The monoisotopic (exact) mass is 410 g/mol. The van der Waals surface area contributed by atoms with Crippen molar-refractivity contribution in [2.45, 2.75) is 26.2 Å². The topological polar surface area (TPSA) is 71.3 Å². The number of halogens is 1. The summed E-state index contributed by atoms with van der Waals surface area (Å²) >= 11 is 5.93. The zero-order valence-electron chi connectivity index (χ0n) is 16.3. The highest BCUT2D eigenvalue weighted by atomic mass is 35.5. The van der Waals surface area contributed by atoms with E-state index in [4.69, 9.17) is 16.1 Å². The van der Waals surface area contributed by atoms with E-state index in [1.54, 1.807) is 12.1 Å². The third-order valence-corrected chi connectivity index (χ3v) is 5.51. The van der Waals surface area contributed by atoms with Gasteiger partial charge in [0.1, 0.15) is 0 Å². The van der Waals surface area contributed by atoms with Crippen LogP contribution in [0.5, 0.6) is 0 Å². The molecule has 1 aliphatic rings. The van der Waals surface area contributed by atoms with Gasteiger partial charge in [0.15, 0.2) is 0 Å². The van der Waals surface area contributed by atoms with Crippen molar-refractivity contribution in [2.75, 3.05) is 23.3 Å². The second kappa shape index (κ2) is 8.66. The number of aromatic nitrogens is 2. The van der Waals surface area contributed by atoms with Gasteiger partial charge in [0, 0.05) is 35.3 Å². The van der Waals surface area contributed by atoms with Gasteiger partial charge in [-0.15, -0.1) is 0 Å². The van der Waals surface area contributed by atoms with Gasteiger partial charge in [-0.25, -0.2) is 0 Å². The molecule has 0 aliphatic carbocycles. The Labute approximate surface area is 174 Å². The molecule has 29 heavy (non-hydrogen) atoms. The summed E-state index contributed by atoms with van der Waals surface area (Å²) in [5.74, 6) is 0.591. The number of benzene rings is 2. The number of carbonyl (C=O) groups is 1. The first-order valence-electron chi connectivity index (χ1n) is 9.87. The van der Waals surface area contributed by atoms with Crippen molar-refractivity contribution in [1.29, 1.82) is 0 Å². The standard InChI is InChI=1S/C22H23ClN4O2/c1-2-15-4-3-5-19(14-15)24-21(28)17-10-12-27(13-11-17)22-25-20(26-29-22)16-6-8-18(23)9-7-16/h3-9,14,17H,2,10-13H2,1H3,(H,24,28). The van der Waals surface area contributed by atoms with E-state index in [-0.39, 0.29) is 11.8 Å². The van der Waals surface area contributed by atoms with Crippen LogP contribution >= 0.6 is 11.6 Å². The summed E-state index contributed by atoms with van der Waals surface area (Å²) in [4.78, 5) is 19.2. The molecule has 7 heteroatoms. The van der Waals surface area contributed by atoms with Crippen LogP contribution < -0.4 is 10.2 Å². The third-order valence-electron chi connectivity index (χ3n) is 5.26. The molecule has 0 spiro atoms. The lowest BCUT2D eigenvalue weighted by Crippen LogP contribution is -2.38. The van der Waals surface area contributed by atoms with Crippen LogP contribution in [0.3, 0.4) is 0 Å². The quantitative estimate of drug-likeness (QED) is 0.653. The fourth-order valence-corrected chi connectivity index (χ4v) is 3.63. The molecule has 1 aliphatic heterocycles. The number of anilines is 2. The Hall–Kier alpha value is -2.86. The van der Waals surface area contributed by atoms with Crippen LogP contribution in [-0.4, -0.2) is 29.1 Å². The predicted octanol–water partition coefficient (Wildman–Crippen LogP) is 4.81. The smallest absolute Gasteiger partial charge is 0.324 e. The molecular weight excluding hydrogens is 388 g/mol. The van der Waals surface area contributed by atoms with Gasteiger partial charge in [-0.2, -0.15) is 4.98 Å². The number of rotatable bonds is 5. The van der Waals surface area contributed by atoms with Gasteiger partial charge in [-0.05, 0) is 61.2 Å². The summed E-state index contributed by atoms with van der Waals surface area (Å²) in [6.45, 7) is 3.51. The minimum absolute atomic E-state index is 0.0183. The third kappa shape index (κ3) is 4.59. The second-order valence-corrected chi connectivity index (χ2v) is 7.65. The second-order valence-electron chi connectivity index (χ2n) is 7.21. The molecular formula is C22H23ClN4O2. The van der Waals surface area contributed by atoms with Crippen LogP contribution in [0.4, 0.5) is 11.7 Å². The van der Waals surface area contributed by atoms with Gasteiger partial charge in [-0.3, -0.25) is 4.79 Å². The SMILES string of the molecule is CCc1cccc(NC(=O)C2CCN(c3nc(-c4ccc(Cl)cc4)no3)CC2)c1. The van der Waals surface area contributed by atoms with Gasteiger partial charge in [0.05, 0.1) is 0 Å². The Morgan fingerprint density at radius 1 is 1.21 bits per heavy atom. The summed E-state index contributed by atoms with van der Waals surface area (Å²) < 4.78 is 5.44. The van der Waals surface area contributed by atoms with Crippen molar-refractivity contribution in [3.8, 4) is 11.4 Å². The summed E-state index contributed by atoms with van der Waals surface area (Å²) in [7, 11) is 0. The molecule has 1 N–H and O–H groups in total. The summed E-state index contributed by atoms with van der Waals surface area (Å²) in [5, 5.41) is 7.78. The molecule has 6 nitrogen and oxygen atoms in total. The van der Waals surface area contributed by atoms with E-state index in [1.807, 2.05) is 35.2 Å². The van der Waals surface area contributed by atoms with Crippen molar-refractivity contribution < 1.29 is 9.32 Å². The molecule has 2 aromatic carbocycles. The van der Waals surface area contributed by atoms with Gasteiger partial charge >= 0.3 is 6.01 Å². The lowest BCUT2D eigenvalue weighted by atomic mass is 9.96. The Morgan fingerprint density at radius 2 is 1.97 bits per heavy atom. The summed E-state index contributed by atoms with van der Waals surface area (Å²) in [6.07, 6.45) is 2.44. The van der Waals surface area contributed by atoms with Crippen LogP contribution in [0.25, 0.3) is 11.4 Å². The number of nitrogens with one attached hydrogen (secondary N) is 1. The number of hydrogen-bond acceptors (Lipinski definition) is 5. The molecule has 2 heterocycles. The van der Waals surface area contributed by atoms with E-state index >= 15 is 0 Å². The fourth-order valence-electron chi connectivity index (χ4n) is 3.51. The van der Waals surface area contributed by atoms with Crippen molar-refractivity contribution in [3.63, 3.8) is 0 Å². The molecule has 3 aromatic rings. The first-order valence-corrected chi connectivity index (χ1v) is 10.2. The van der Waals surface area contributed by atoms with Crippen LogP contribution in [-0.2, 0) is 11.2 Å². The zero-order chi connectivity index (χ0) is 20.2. The van der Waals surface area contributed by atoms with Crippen LogP contribution in [0, 0.1) is 5.92 Å². The summed E-state index contributed by atoms with van der Waals surface area (Å²) in [5.41, 5.74) is 2.93. The van der Waals surface area contributed by atoms with E-state index in [2.05, 4.69) is 28.4 Å². The normalized spacial score (nSPS) is 14.8. The van der Waals surface area contributed by atoms with E-state index < -0.39 is 0 Å². The maximum atomic E-state index is 12.6. The van der Waals surface area contributed by atoms with E-state index in [0.29, 0.717) is 30.0 Å². The highest BCUT2D eigenvalue weighted by Gasteiger charge is 2.27. The first kappa shape index (κ1) is 19.5. The Morgan fingerprint density at radius 3 is 2.69 bits per heavy atom. The summed E-state index contributed by atoms with van der Waals surface area (Å²) in [6, 6.07) is 15.8. The number of amides is 1. The molecule has 1 amide bonds. The van der Waals surface area contributed by atoms with Crippen LogP contribution in [0.2, 0.25) is 5.02 Å². The molecule has 4 rings (SSSR count). The van der Waals surface area contributed by atoms with Gasteiger partial charge in [0.25, 0.3) is 0 Å². The maximum absolute atomic E-state index is 12.6. The zero-order valence-corrected chi connectivity index (χ0v) is 17.0. The van der Waals surface area contributed by atoms with Crippen molar-refractivity contribution >= 4 is 29.2 Å². The van der Waals surface area contributed by atoms with Crippen molar-refractivity contribution in [3.05, 3.63) is 59.1 Å². The average Bonchev–Trinajstić information content (AvgIpc) is 3.25. The lowest BCUT2D eigenvalue weighted by Gasteiger charge is -2.29. The van der Waals surface area contributed by atoms with E-state index in [9.17, 15) is 4.79 Å². The molecule has 150 valence electrons. The number of aryl methyl sites for hydroxylation is 1. The van der Waals surface area contributed by atoms with Crippen molar-refractivity contribution in [2.24, 2.45) is 5.92 Å². The minimum atomic E-state index is -0.0183. The Balaban J connectivity index is 1.34. The predicted molar refractivity (Wildman–Crippen MR) is 114 cm³/mol. The highest BCUT2D eigenvalue weighted by Crippen LogP contribution is 2.26. The molecule has 1 saturated heterocycles. The Kier molecular flexibility index (Phi) is 5.81. The molecule has 1 aromatic heterocycles. The molecule has 0 radical (unpaired) electrons. The Bertz CT molecular complexity index is 978. The van der Waals surface area contributed by atoms with Gasteiger partial charge in [0.2, 0.25) is 11.7 Å². The molecule has 1 fully saturated rings. The van der Waals surface area contributed by atoms with Gasteiger partial charge in [-0.1, -0.05) is 35.8 Å². The first-order chi connectivity index (χ1) is 14.1. The molecule has 0 atom stereocenters. The largest absolute Gasteiger partial charge is 0.326 e. The van der Waals surface area contributed by atoms with Crippen molar-refractivity contribution in [1.82, 2.24) is 10.1 Å². The van der Waals surface area contributed by atoms with Crippen LogP contribution in [0.15, 0.2) is 53.1 Å².